The fraction of sp³-hybridized carbons (Fsp3) is 0.286. The molecule has 1 aliphatic rings. The molecule has 1 heterocycles. The second-order valence-electron chi connectivity index (χ2n) is 8.32. The van der Waals surface area contributed by atoms with E-state index >= 15 is 0 Å². The summed E-state index contributed by atoms with van der Waals surface area (Å²) in [6, 6.07) is 15.7. The van der Waals surface area contributed by atoms with Gasteiger partial charge < -0.3 is 10.1 Å². The van der Waals surface area contributed by atoms with Gasteiger partial charge in [-0.1, -0.05) is 49.8 Å². The van der Waals surface area contributed by atoms with E-state index in [-0.39, 0.29) is 5.91 Å². The Kier molecular flexibility index (Phi) is 7.74. The van der Waals surface area contributed by atoms with Crippen LogP contribution in [-0.4, -0.2) is 18.7 Å². The van der Waals surface area contributed by atoms with Gasteiger partial charge in [-0.2, -0.15) is 0 Å². The number of thiophene rings is 1. The smallest absolute Gasteiger partial charge is 0.259 e. The van der Waals surface area contributed by atoms with E-state index in [1.54, 1.807) is 23.6 Å². The molecule has 0 fully saturated rings. The highest BCUT2D eigenvalue weighted by atomic mass is 32.1. The van der Waals surface area contributed by atoms with Crippen molar-refractivity contribution in [2.45, 2.75) is 45.4 Å². The number of hydrogen-bond donors (Lipinski definition) is 1. The van der Waals surface area contributed by atoms with Crippen LogP contribution < -0.4 is 10.1 Å². The molecule has 0 aliphatic heterocycles. The summed E-state index contributed by atoms with van der Waals surface area (Å²) in [6.07, 6.45) is 10.2. The number of carbonyl (C=O) groups excluding carboxylic acids is 1. The third kappa shape index (κ3) is 5.79. The van der Waals surface area contributed by atoms with Gasteiger partial charge in [-0.25, -0.2) is 4.99 Å². The molecule has 1 aliphatic carbocycles. The molecule has 0 bridgehead atoms. The molecule has 1 aromatic heterocycles. The summed E-state index contributed by atoms with van der Waals surface area (Å²) >= 11 is 1.65. The van der Waals surface area contributed by atoms with Crippen LogP contribution in [0.25, 0.3) is 0 Å². The van der Waals surface area contributed by atoms with Crippen molar-refractivity contribution in [3.8, 4) is 5.75 Å². The highest BCUT2D eigenvalue weighted by Crippen LogP contribution is 2.39. The van der Waals surface area contributed by atoms with Crippen LogP contribution in [0.4, 0.5) is 10.7 Å². The molecule has 4 rings (SSSR count). The van der Waals surface area contributed by atoms with Crippen molar-refractivity contribution in [3.05, 3.63) is 88.3 Å². The summed E-state index contributed by atoms with van der Waals surface area (Å²) in [5.41, 5.74) is 4.70. The van der Waals surface area contributed by atoms with Crippen molar-refractivity contribution in [3.63, 3.8) is 0 Å². The molecule has 0 unspecified atom stereocenters. The second kappa shape index (κ2) is 11.1. The zero-order valence-electron chi connectivity index (χ0n) is 19.1. The maximum Gasteiger partial charge on any atom is 0.259 e. The van der Waals surface area contributed by atoms with Gasteiger partial charge in [0.25, 0.3) is 5.91 Å². The number of rotatable bonds is 7. The molecule has 0 radical (unpaired) electrons. The van der Waals surface area contributed by atoms with E-state index in [9.17, 15) is 4.79 Å². The van der Waals surface area contributed by atoms with Gasteiger partial charge in [0, 0.05) is 22.3 Å². The molecule has 0 spiro atoms. The van der Waals surface area contributed by atoms with E-state index in [0.29, 0.717) is 6.61 Å². The lowest BCUT2D eigenvalue weighted by atomic mass is 9.96. The summed E-state index contributed by atoms with van der Waals surface area (Å²) in [5.74, 6) is 0.670. The minimum atomic E-state index is -0.0815. The second-order valence-corrected chi connectivity index (χ2v) is 9.40. The molecule has 0 atom stereocenters. The maximum absolute atomic E-state index is 13.5. The van der Waals surface area contributed by atoms with Gasteiger partial charge in [0.15, 0.2) is 0 Å². The number of amides is 1. The van der Waals surface area contributed by atoms with Gasteiger partial charge >= 0.3 is 0 Å². The van der Waals surface area contributed by atoms with E-state index in [4.69, 9.17) is 9.73 Å². The molecule has 0 saturated heterocycles. The third-order valence-electron chi connectivity index (χ3n) is 5.75. The minimum absolute atomic E-state index is 0.0815. The normalized spacial score (nSPS) is 13.7. The molecule has 1 N–H and O–H groups in total. The van der Waals surface area contributed by atoms with Crippen LogP contribution in [0.3, 0.4) is 0 Å². The van der Waals surface area contributed by atoms with Crippen molar-refractivity contribution in [2.24, 2.45) is 4.99 Å². The molecule has 170 valence electrons. The van der Waals surface area contributed by atoms with Crippen molar-refractivity contribution in [2.75, 3.05) is 11.9 Å². The Bertz CT molecular complexity index is 1160. The molecular weight excluding hydrogens is 428 g/mol. The molecule has 2 aromatic carbocycles. The molecule has 3 aromatic rings. The molecule has 5 heteroatoms. The van der Waals surface area contributed by atoms with Crippen molar-refractivity contribution < 1.29 is 9.53 Å². The van der Waals surface area contributed by atoms with Gasteiger partial charge in [0.05, 0.1) is 5.56 Å². The van der Waals surface area contributed by atoms with E-state index in [1.807, 2.05) is 55.5 Å². The van der Waals surface area contributed by atoms with E-state index in [1.165, 1.54) is 23.3 Å². The quantitative estimate of drug-likeness (QED) is 0.299. The Morgan fingerprint density at radius 3 is 2.76 bits per heavy atom. The van der Waals surface area contributed by atoms with Gasteiger partial charge in [0.1, 0.15) is 17.4 Å². The summed E-state index contributed by atoms with van der Waals surface area (Å²) in [7, 11) is 0. The molecule has 1 amide bonds. The SMILES string of the molecule is C=CCOc1ccccc1C=Nc1sc2c(c1C(=O)Nc1cccc(C)c1)CCCCCC2. The zero-order valence-corrected chi connectivity index (χ0v) is 19.9. The van der Waals surface area contributed by atoms with E-state index in [2.05, 4.69) is 11.9 Å². The minimum Gasteiger partial charge on any atom is -0.489 e. The molecule has 4 nitrogen and oxygen atoms in total. The number of carbonyl (C=O) groups is 1. The monoisotopic (exact) mass is 458 g/mol. The van der Waals surface area contributed by atoms with Crippen LogP contribution >= 0.6 is 11.3 Å². The van der Waals surface area contributed by atoms with Crippen LogP contribution in [-0.2, 0) is 12.8 Å². The highest BCUT2D eigenvalue weighted by molar-refractivity contribution is 7.16. The summed E-state index contributed by atoms with van der Waals surface area (Å²) in [5, 5.41) is 3.88. The van der Waals surface area contributed by atoms with Gasteiger partial charge in [0.2, 0.25) is 0 Å². The standard InChI is InChI=1S/C28H30N2O2S/c1-3-17-32-24-15-9-8-12-21(24)19-29-28-26(23-14-6-4-5-7-16-25(23)33-28)27(31)30-22-13-10-11-20(2)18-22/h3,8-13,15,18-19H,1,4-7,14,16-17H2,2H3,(H,30,31). The van der Waals surface area contributed by atoms with Crippen LogP contribution in [0.2, 0.25) is 0 Å². The fourth-order valence-corrected chi connectivity index (χ4v) is 5.37. The lowest BCUT2D eigenvalue weighted by Gasteiger charge is -2.12. The lowest BCUT2D eigenvalue weighted by Crippen LogP contribution is -2.14. The number of ether oxygens (including phenoxy) is 1. The third-order valence-corrected chi connectivity index (χ3v) is 6.95. The Morgan fingerprint density at radius 2 is 1.94 bits per heavy atom. The number of hydrogen-bond acceptors (Lipinski definition) is 4. The first-order valence-corrected chi connectivity index (χ1v) is 12.4. The number of nitrogens with one attached hydrogen (secondary N) is 1. The predicted molar refractivity (Wildman–Crippen MR) is 139 cm³/mol. The maximum atomic E-state index is 13.5. The number of aryl methyl sites for hydroxylation is 2. The first-order chi connectivity index (χ1) is 16.2. The Labute approximate surface area is 200 Å². The van der Waals surface area contributed by atoms with E-state index in [0.717, 1.165) is 58.8 Å². The van der Waals surface area contributed by atoms with Crippen molar-refractivity contribution in [1.29, 1.82) is 0 Å². The van der Waals surface area contributed by atoms with Crippen LogP contribution in [0.1, 0.15) is 57.6 Å². The number of anilines is 1. The molecule has 0 saturated carbocycles. The van der Waals surface area contributed by atoms with Crippen molar-refractivity contribution in [1.82, 2.24) is 0 Å². The summed E-state index contributed by atoms with van der Waals surface area (Å²) < 4.78 is 5.77. The van der Waals surface area contributed by atoms with Gasteiger partial charge in [-0.3, -0.25) is 4.79 Å². The Hall–Kier alpha value is -3.18. The number of fused-ring (bicyclic) bond motifs is 1. The zero-order chi connectivity index (χ0) is 23.0. The molecule has 33 heavy (non-hydrogen) atoms. The van der Waals surface area contributed by atoms with Crippen LogP contribution in [0, 0.1) is 6.92 Å². The average molecular weight is 459 g/mol. The fourth-order valence-electron chi connectivity index (χ4n) is 4.14. The first kappa shape index (κ1) is 23.0. The van der Waals surface area contributed by atoms with Gasteiger partial charge in [-0.15, -0.1) is 11.3 Å². The number of para-hydroxylation sites is 1. The molecular formula is C28H30N2O2S. The summed E-state index contributed by atoms with van der Waals surface area (Å²) in [6.45, 7) is 6.18. The van der Waals surface area contributed by atoms with Crippen LogP contribution in [0.5, 0.6) is 5.75 Å². The highest BCUT2D eigenvalue weighted by Gasteiger charge is 2.24. The lowest BCUT2D eigenvalue weighted by molar-refractivity contribution is 0.102. The van der Waals surface area contributed by atoms with Gasteiger partial charge in [-0.05, 0) is 68.0 Å². The Balaban J connectivity index is 1.70. The Morgan fingerprint density at radius 1 is 1.12 bits per heavy atom. The number of aliphatic imine (C=N–C) groups is 1. The summed E-state index contributed by atoms with van der Waals surface area (Å²) in [4.78, 5) is 19.6. The number of benzene rings is 2. The largest absolute Gasteiger partial charge is 0.489 e. The van der Waals surface area contributed by atoms with Crippen LogP contribution in [0.15, 0.2) is 66.2 Å². The average Bonchev–Trinajstić information content (AvgIpc) is 3.13. The predicted octanol–water partition coefficient (Wildman–Crippen LogP) is 7.28. The van der Waals surface area contributed by atoms with Crippen molar-refractivity contribution >= 4 is 34.1 Å². The topological polar surface area (TPSA) is 50.7 Å². The first-order valence-electron chi connectivity index (χ1n) is 11.5. The number of nitrogens with zero attached hydrogens (tertiary/aromatic N) is 1. The van der Waals surface area contributed by atoms with E-state index < -0.39 is 0 Å².